The zero-order chi connectivity index (χ0) is 15.5. The van der Waals surface area contributed by atoms with Gasteiger partial charge in [-0.25, -0.2) is 4.68 Å². The minimum absolute atomic E-state index is 0.257. The predicted molar refractivity (Wildman–Crippen MR) is 89.2 cm³/mol. The van der Waals surface area contributed by atoms with E-state index in [1.807, 2.05) is 41.1 Å². The Morgan fingerprint density at radius 3 is 2.68 bits per heavy atom. The molecule has 6 heteroatoms. The van der Waals surface area contributed by atoms with Crippen LogP contribution < -0.4 is 4.80 Å². The summed E-state index contributed by atoms with van der Waals surface area (Å²) in [5.41, 5.74) is 2.03. The van der Waals surface area contributed by atoms with Crippen LogP contribution in [-0.4, -0.2) is 21.9 Å². The number of aromatic nitrogens is 2. The number of hydrogen-bond acceptors (Lipinski definition) is 4. The van der Waals surface area contributed by atoms with Crippen molar-refractivity contribution in [2.24, 2.45) is 4.99 Å². The highest BCUT2D eigenvalue weighted by Gasteiger charge is 2.08. The molecule has 1 aromatic heterocycles. The average molecular weight is 332 g/mol. The number of aromatic hydroxyl groups is 1. The van der Waals surface area contributed by atoms with E-state index in [0.29, 0.717) is 11.6 Å². The number of rotatable bonds is 3. The fourth-order valence-corrected chi connectivity index (χ4v) is 3.14. The molecule has 0 saturated carbocycles. The van der Waals surface area contributed by atoms with Crippen LogP contribution in [0.5, 0.6) is 5.75 Å². The average Bonchev–Trinajstić information content (AvgIpc) is 2.92. The summed E-state index contributed by atoms with van der Waals surface area (Å²) in [6.45, 7) is 0.601. The highest BCUT2D eigenvalue weighted by Crippen LogP contribution is 2.23. The quantitative estimate of drug-likeness (QED) is 0.798. The van der Waals surface area contributed by atoms with Crippen LogP contribution in [0.4, 0.5) is 0 Å². The van der Waals surface area contributed by atoms with Crippen molar-refractivity contribution in [1.82, 2.24) is 9.78 Å². The zero-order valence-corrected chi connectivity index (χ0v) is 13.5. The maximum Gasteiger partial charge on any atom is 0.203 e. The molecule has 2 aromatic carbocycles. The van der Waals surface area contributed by atoms with Crippen molar-refractivity contribution in [1.29, 1.82) is 0 Å². The molecular weight excluding hydrogens is 318 g/mol. The molecule has 0 atom stereocenters. The maximum atomic E-state index is 9.35. The SMILES string of the molecule is CN=c1sc(-c2cccc(Cl)c2)nn1Cc1ccc(O)cc1. The molecule has 0 aliphatic rings. The smallest absolute Gasteiger partial charge is 0.203 e. The van der Waals surface area contributed by atoms with E-state index in [-0.39, 0.29) is 5.75 Å². The molecule has 0 aliphatic heterocycles. The Bertz CT molecular complexity index is 852. The summed E-state index contributed by atoms with van der Waals surface area (Å²) in [6.07, 6.45) is 0. The molecule has 1 heterocycles. The van der Waals surface area contributed by atoms with Crippen LogP contribution in [0.3, 0.4) is 0 Å². The second-order valence-electron chi connectivity index (χ2n) is 4.75. The third-order valence-corrected chi connectivity index (χ3v) is 4.47. The Hall–Kier alpha value is -2.11. The molecule has 22 heavy (non-hydrogen) atoms. The van der Waals surface area contributed by atoms with Crippen molar-refractivity contribution in [3.63, 3.8) is 0 Å². The van der Waals surface area contributed by atoms with Crippen molar-refractivity contribution in [3.05, 3.63) is 63.9 Å². The first-order valence-corrected chi connectivity index (χ1v) is 7.90. The largest absolute Gasteiger partial charge is 0.508 e. The lowest BCUT2D eigenvalue weighted by atomic mass is 10.2. The normalized spacial score (nSPS) is 11.8. The zero-order valence-electron chi connectivity index (χ0n) is 11.9. The van der Waals surface area contributed by atoms with Gasteiger partial charge in [0.25, 0.3) is 0 Å². The standard InChI is InChI=1S/C16H14ClN3OS/c1-18-16-20(10-11-5-7-14(21)8-6-11)19-15(22-16)12-3-2-4-13(17)9-12/h2-9,21H,10H2,1H3. The van der Waals surface area contributed by atoms with E-state index in [1.165, 1.54) is 11.3 Å². The summed E-state index contributed by atoms with van der Waals surface area (Å²) in [7, 11) is 1.75. The highest BCUT2D eigenvalue weighted by molar-refractivity contribution is 7.12. The highest BCUT2D eigenvalue weighted by atomic mass is 35.5. The van der Waals surface area contributed by atoms with Gasteiger partial charge in [-0.3, -0.25) is 4.99 Å². The van der Waals surface area contributed by atoms with Gasteiger partial charge in [-0.2, -0.15) is 5.10 Å². The summed E-state index contributed by atoms with van der Waals surface area (Å²) >= 11 is 7.56. The van der Waals surface area contributed by atoms with Gasteiger partial charge in [-0.05, 0) is 29.8 Å². The molecular formula is C16H14ClN3OS. The fraction of sp³-hybridized carbons (Fsp3) is 0.125. The van der Waals surface area contributed by atoms with Crippen LogP contribution in [0.2, 0.25) is 5.02 Å². The lowest BCUT2D eigenvalue weighted by Gasteiger charge is -2.02. The molecule has 0 saturated heterocycles. The fourth-order valence-electron chi connectivity index (χ4n) is 2.09. The molecule has 0 spiro atoms. The third kappa shape index (κ3) is 3.21. The molecule has 0 fully saturated rings. The van der Waals surface area contributed by atoms with Crippen LogP contribution in [0.1, 0.15) is 5.56 Å². The Morgan fingerprint density at radius 1 is 1.23 bits per heavy atom. The monoisotopic (exact) mass is 331 g/mol. The Morgan fingerprint density at radius 2 is 2.00 bits per heavy atom. The van der Waals surface area contributed by atoms with Gasteiger partial charge in [0.2, 0.25) is 4.80 Å². The summed E-state index contributed by atoms with van der Waals surface area (Å²) in [4.78, 5) is 5.13. The van der Waals surface area contributed by atoms with E-state index in [9.17, 15) is 5.11 Å². The van der Waals surface area contributed by atoms with Gasteiger partial charge in [-0.15, -0.1) is 0 Å². The maximum absolute atomic E-state index is 9.35. The molecule has 3 aromatic rings. The van der Waals surface area contributed by atoms with Gasteiger partial charge in [-0.1, -0.05) is 47.2 Å². The van der Waals surface area contributed by atoms with Crippen molar-refractivity contribution < 1.29 is 5.11 Å². The number of phenolic OH excluding ortho intramolecular Hbond substituents is 1. The minimum Gasteiger partial charge on any atom is -0.508 e. The lowest BCUT2D eigenvalue weighted by molar-refractivity contribution is 0.475. The van der Waals surface area contributed by atoms with Crippen LogP contribution in [0, 0.1) is 0 Å². The van der Waals surface area contributed by atoms with Crippen LogP contribution >= 0.6 is 22.9 Å². The molecule has 0 bridgehead atoms. The molecule has 1 N–H and O–H groups in total. The molecule has 112 valence electrons. The van der Waals surface area contributed by atoms with E-state index in [1.54, 1.807) is 19.2 Å². The van der Waals surface area contributed by atoms with Gasteiger partial charge >= 0.3 is 0 Å². The van der Waals surface area contributed by atoms with E-state index in [0.717, 1.165) is 20.9 Å². The molecule has 0 aliphatic carbocycles. The number of hydrogen-bond donors (Lipinski definition) is 1. The molecule has 4 nitrogen and oxygen atoms in total. The van der Waals surface area contributed by atoms with Crippen LogP contribution in [-0.2, 0) is 6.54 Å². The Labute approximate surface area is 137 Å². The van der Waals surface area contributed by atoms with Gasteiger partial charge < -0.3 is 5.11 Å². The van der Waals surface area contributed by atoms with Crippen LogP contribution in [0.15, 0.2) is 53.5 Å². The Balaban J connectivity index is 1.97. The van der Waals surface area contributed by atoms with E-state index >= 15 is 0 Å². The van der Waals surface area contributed by atoms with Crippen molar-refractivity contribution in [3.8, 4) is 16.3 Å². The van der Waals surface area contributed by atoms with Crippen molar-refractivity contribution in [2.45, 2.75) is 6.54 Å². The van der Waals surface area contributed by atoms with Crippen molar-refractivity contribution in [2.75, 3.05) is 7.05 Å². The first kappa shape index (κ1) is 14.8. The van der Waals surface area contributed by atoms with E-state index < -0.39 is 0 Å². The topological polar surface area (TPSA) is 50.4 Å². The van der Waals surface area contributed by atoms with E-state index in [2.05, 4.69) is 10.1 Å². The van der Waals surface area contributed by atoms with Gasteiger partial charge in [0.1, 0.15) is 10.8 Å². The van der Waals surface area contributed by atoms with Crippen molar-refractivity contribution >= 4 is 22.9 Å². The number of benzene rings is 2. The second kappa shape index (κ2) is 6.34. The molecule has 0 amide bonds. The summed E-state index contributed by atoms with van der Waals surface area (Å²) in [5, 5.41) is 15.5. The number of halogens is 1. The predicted octanol–water partition coefficient (Wildman–Crippen LogP) is 3.55. The minimum atomic E-state index is 0.257. The molecule has 0 unspecified atom stereocenters. The van der Waals surface area contributed by atoms with Gasteiger partial charge in [0.15, 0.2) is 0 Å². The van der Waals surface area contributed by atoms with Crippen LogP contribution in [0.25, 0.3) is 10.6 Å². The lowest BCUT2D eigenvalue weighted by Crippen LogP contribution is -2.16. The number of phenols is 1. The Kier molecular flexibility index (Phi) is 4.27. The summed E-state index contributed by atoms with van der Waals surface area (Å²) in [6, 6.07) is 14.7. The summed E-state index contributed by atoms with van der Waals surface area (Å²) in [5.74, 6) is 0.257. The van der Waals surface area contributed by atoms with Gasteiger partial charge in [0, 0.05) is 17.6 Å². The first-order valence-electron chi connectivity index (χ1n) is 6.70. The second-order valence-corrected chi connectivity index (χ2v) is 6.14. The first-order chi connectivity index (χ1) is 10.7. The third-order valence-electron chi connectivity index (χ3n) is 3.15. The summed E-state index contributed by atoms with van der Waals surface area (Å²) < 4.78 is 1.85. The van der Waals surface area contributed by atoms with E-state index in [4.69, 9.17) is 11.6 Å². The molecule has 0 radical (unpaired) electrons. The number of nitrogens with zero attached hydrogens (tertiary/aromatic N) is 3. The van der Waals surface area contributed by atoms with Gasteiger partial charge in [0.05, 0.1) is 6.54 Å². The molecule has 3 rings (SSSR count).